The number of hydrogen-bond acceptors (Lipinski definition) is 4. The Morgan fingerprint density at radius 2 is 1.89 bits per heavy atom. The number of rotatable bonds is 3. The normalized spacial score (nSPS) is 28.0. The number of likely N-dealkylation sites (N-methyl/N-ethyl adjacent to an activating group) is 1. The summed E-state index contributed by atoms with van der Waals surface area (Å²) in [5.41, 5.74) is 0.570. The maximum Gasteiger partial charge on any atom is 0.253 e. The number of hydrogen-bond donors (Lipinski definition) is 0. The van der Waals surface area contributed by atoms with Crippen LogP contribution in [0.3, 0.4) is 0 Å². The first-order valence-electron chi connectivity index (χ1n) is 9.73. The van der Waals surface area contributed by atoms with Crippen LogP contribution in [0.25, 0.3) is 0 Å². The van der Waals surface area contributed by atoms with E-state index >= 15 is 0 Å². The molecule has 2 aliphatic heterocycles. The van der Waals surface area contributed by atoms with Gasteiger partial charge in [-0.1, -0.05) is 23.2 Å². The first-order chi connectivity index (χ1) is 13.0. The van der Waals surface area contributed by atoms with Crippen LogP contribution in [0.4, 0.5) is 0 Å². The minimum Gasteiger partial charge on any atom is -0.347 e. The zero-order valence-electron chi connectivity index (χ0n) is 15.6. The van der Waals surface area contributed by atoms with Crippen molar-refractivity contribution >= 4 is 29.1 Å². The summed E-state index contributed by atoms with van der Waals surface area (Å²) in [6, 6.07) is 5.45. The average Bonchev–Trinajstić information content (AvgIpc) is 3.35. The molecule has 148 valence electrons. The molecule has 2 heterocycles. The van der Waals surface area contributed by atoms with Gasteiger partial charge in [0.25, 0.3) is 5.91 Å². The van der Waals surface area contributed by atoms with Gasteiger partial charge in [0.2, 0.25) is 0 Å². The summed E-state index contributed by atoms with van der Waals surface area (Å²) >= 11 is 12.1. The highest BCUT2D eigenvalue weighted by atomic mass is 35.5. The molecule has 1 aliphatic carbocycles. The molecule has 2 atom stereocenters. The molecule has 0 radical (unpaired) electrons. The zero-order valence-corrected chi connectivity index (χ0v) is 17.1. The van der Waals surface area contributed by atoms with Crippen molar-refractivity contribution in [2.45, 2.75) is 50.0 Å². The number of amides is 1. The van der Waals surface area contributed by atoms with E-state index in [0.717, 1.165) is 32.4 Å². The molecule has 2 saturated heterocycles. The third kappa shape index (κ3) is 3.85. The quantitative estimate of drug-likeness (QED) is 0.756. The van der Waals surface area contributed by atoms with Gasteiger partial charge in [0.05, 0.1) is 23.3 Å². The SMILES string of the molecule is CN(C(=O)c1ccc(Cl)c(Cl)c1)[C@@H]1CCC2(C[C@H]1N1CCCC1)OCCO2. The van der Waals surface area contributed by atoms with Gasteiger partial charge >= 0.3 is 0 Å². The molecular formula is C20H26Cl2N2O3. The summed E-state index contributed by atoms with van der Waals surface area (Å²) in [4.78, 5) is 17.5. The molecule has 0 aromatic heterocycles. The van der Waals surface area contributed by atoms with Gasteiger partial charge in [-0.3, -0.25) is 9.69 Å². The highest BCUT2D eigenvalue weighted by Crippen LogP contribution is 2.40. The van der Waals surface area contributed by atoms with E-state index in [-0.39, 0.29) is 18.0 Å². The molecule has 1 amide bonds. The fourth-order valence-corrected chi connectivity index (χ4v) is 5.06. The van der Waals surface area contributed by atoms with E-state index in [0.29, 0.717) is 28.8 Å². The molecule has 0 N–H and O–H groups in total. The third-order valence-electron chi connectivity index (χ3n) is 6.19. The Morgan fingerprint density at radius 3 is 2.56 bits per heavy atom. The monoisotopic (exact) mass is 412 g/mol. The molecule has 1 aromatic rings. The molecule has 5 nitrogen and oxygen atoms in total. The van der Waals surface area contributed by atoms with Crippen LogP contribution < -0.4 is 0 Å². The Morgan fingerprint density at radius 1 is 1.19 bits per heavy atom. The fraction of sp³-hybridized carbons (Fsp3) is 0.650. The summed E-state index contributed by atoms with van der Waals surface area (Å²) in [6.07, 6.45) is 4.92. The van der Waals surface area contributed by atoms with Crippen LogP contribution in [-0.2, 0) is 9.47 Å². The maximum absolute atomic E-state index is 13.1. The van der Waals surface area contributed by atoms with Crippen molar-refractivity contribution in [2.75, 3.05) is 33.4 Å². The lowest BCUT2D eigenvalue weighted by molar-refractivity contribution is -0.196. The average molecular weight is 413 g/mol. The summed E-state index contributed by atoms with van der Waals surface area (Å²) in [7, 11) is 1.90. The smallest absolute Gasteiger partial charge is 0.253 e. The third-order valence-corrected chi connectivity index (χ3v) is 6.93. The largest absolute Gasteiger partial charge is 0.347 e. The fourth-order valence-electron chi connectivity index (χ4n) is 4.76. The lowest BCUT2D eigenvalue weighted by Gasteiger charge is -2.47. The molecule has 27 heavy (non-hydrogen) atoms. The van der Waals surface area contributed by atoms with Crippen LogP contribution in [0.5, 0.6) is 0 Å². The first-order valence-corrected chi connectivity index (χ1v) is 10.5. The molecule has 4 rings (SSSR count). The highest BCUT2D eigenvalue weighted by Gasteiger charge is 2.48. The maximum atomic E-state index is 13.1. The first kappa shape index (κ1) is 19.5. The van der Waals surface area contributed by atoms with E-state index in [9.17, 15) is 4.79 Å². The minimum absolute atomic E-state index is 0.0213. The van der Waals surface area contributed by atoms with Crippen molar-refractivity contribution in [1.82, 2.24) is 9.80 Å². The van der Waals surface area contributed by atoms with Crippen molar-refractivity contribution in [1.29, 1.82) is 0 Å². The Balaban J connectivity index is 1.55. The van der Waals surface area contributed by atoms with Gasteiger partial charge in [0, 0.05) is 37.5 Å². The summed E-state index contributed by atoms with van der Waals surface area (Å²) in [5.74, 6) is -0.482. The second-order valence-electron chi connectivity index (χ2n) is 7.77. The van der Waals surface area contributed by atoms with Crippen LogP contribution >= 0.6 is 23.2 Å². The lowest BCUT2D eigenvalue weighted by atomic mass is 9.83. The minimum atomic E-state index is -0.461. The Kier molecular flexibility index (Phi) is 5.68. The van der Waals surface area contributed by atoms with Crippen molar-refractivity contribution in [2.24, 2.45) is 0 Å². The molecule has 7 heteroatoms. The molecule has 0 unspecified atom stereocenters. The second-order valence-corrected chi connectivity index (χ2v) is 8.59. The standard InChI is InChI=1S/C20H26Cl2N2O3/c1-23(19(25)14-4-5-15(21)16(22)12-14)17-6-7-20(26-10-11-27-20)13-18(17)24-8-2-3-9-24/h4-5,12,17-18H,2-3,6-11,13H2,1H3/t17-,18-/m1/s1. The van der Waals surface area contributed by atoms with Gasteiger partial charge in [0.15, 0.2) is 5.79 Å². The Bertz CT molecular complexity index is 702. The van der Waals surface area contributed by atoms with E-state index in [1.807, 2.05) is 11.9 Å². The number of carbonyl (C=O) groups excluding carboxylic acids is 1. The molecular weight excluding hydrogens is 387 g/mol. The number of benzene rings is 1. The number of carbonyl (C=O) groups is 1. The van der Waals surface area contributed by atoms with Crippen molar-refractivity contribution in [3.63, 3.8) is 0 Å². The van der Waals surface area contributed by atoms with E-state index in [1.165, 1.54) is 12.8 Å². The zero-order chi connectivity index (χ0) is 19.0. The van der Waals surface area contributed by atoms with Crippen LogP contribution in [0, 0.1) is 0 Å². The second kappa shape index (κ2) is 7.88. The van der Waals surface area contributed by atoms with E-state index in [2.05, 4.69) is 4.90 Å². The van der Waals surface area contributed by atoms with E-state index in [4.69, 9.17) is 32.7 Å². The molecule has 1 saturated carbocycles. The van der Waals surface area contributed by atoms with Crippen LogP contribution in [0.15, 0.2) is 18.2 Å². The van der Waals surface area contributed by atoms with Crippen molar-refractivity contribution in [3.8, 4) is 0 Å². The van der Waals surface area contributed by atoms with Crippen molar-refractivity contribution in [3.05, 3.63) is 33.8 Å². The van der Waals surface area contributed by atoms with Gasteiger partial charge in [0.1, 0.15) is 0 Å². The molecule has 0 bridgehead atoms. The Hall–Kier alpha value is -0.850. The van der Waals surface area contributed by atoms with Crippen LogP contribution in [0.1, 0.15) is 42.5 Å². The molecule has 3 aliphatic rings. The number of halogens is 2. The van der Waals surface area contributed by atoms with Gasteiger partial charge in [-0.25, -0.2) is 0 Å². The highest BCUT2D eigenvalue weighted by molar-refractivity contribution is 6.42. The number of nitrogens with zero attached hydrogens (tertiary/aromatic N) is 2. The summed E-state index contributed by atoms with van der Waals surface area (Å²) in [5, 5.41) is 0.864. The van der Waals surface area contributed by atoms with Crippen molar-refractivity contribution < 1.29 is 14.3 Å². The molecule has 1 aromatic carbocycles. The number of likely N-dealkylation sites (tertiary alicyclic amines) is 1. The summed E-state index contributed by atoms with van der Waals surface area (Å²) in [6.45, 7) is 3.48. The van der Waals surface area contributed by atoms with Gasteiger partial charge in [-0.2, -0.15) is 0 Å². The predicted molar refractivity (Wildman–Crippen MR) is 105 cm³/mol. The van der Waals surface area contributed by atoms with Gasteiger partial charge in [-0.15, -0.1) is 0 Å². The van der Waals surface area contributed by atoms with Crippen LogP contribution in [0.2, 0.25) is 10.0 Å². The van der Waals surface area contributed by atoms with Gasteiger partial charge < -0.3 is 14.4 Å². The Labute approximate surface area is 170 Å². The number of ether oxygens (including phenoxy) is 2. The molecule has 3 fully saturated rings. The van der Waals surface area contributed by atoms with Crippen LogP contribution in [-0.4, -0.2) is 66.9 Å². The van der Waals surface area contributed by atoms with E-state index < -0.39 is 5.79 Å². The molecule has 1 spiro atoms. The van der Waals surface area contributed by atoms with E-state index in [1.54, 1.807) is 18.2 Å². The lowest BCUT2D eigenvalue weighted by Crippen LogP contribution is -2.58. The topological polar surface area (TPSA) is 42.0 Å². The van der Waals surface area contributed by atoms with Gasteiger partial charge in [-0.05, 0) is 50.6 Å². The predicted octanol–water partition coefficient (Wildman–Crippen LogP) is 3.83. The summed E-state index contributed by atoms with van der Waals surface area (Å²) < 4.78 is 12.0.